The van der Waals surface area contributed by atoms with Crippen LogP contribution in [0.15, 0.2) is 9.59 Å². The quantitative estimate of drug-likeness (QED) is 0.491. The second kappa shape index (κ2) is 2.03. The minimum Gasteiger partial charge on any atom is -0.290 e. The van der Waals surface area contributed by atoms with Gasteiger partial charge in [0.2, 0.25) is 0 Å². The fraction of sp³-hybridized carbons (Fsp3) is 0.200. The molecular formula is C5H5N5O2. The van der Waals surface area contributed by atoms with Gasteiger partial charge in [0.25, 0.3) is 5.56 Å². The van der Waals surface area contributed by atoms with E-state index in [2.05, 4.69) is 15.3 Å². The van der Waals surface area contributed by atoms with Crippen LogP contribution in [0.2, 0.25) is 0 Å². The van der Waals surface area contributed by atoms with E-state index in [9.17, 15) is 9.59 Å². The smallest absolute Gasteiger partial charge is 0.290 e. The molecule has 0 amide bonds. The number of aryl methyl sites for hydroxylation is 1. The van der Waals surface area contributed by atoms with Gasteiger partial charge in [0.1, 0.15) is 0 Å². The van der Waals surface area contributed by atoms with E-state index in [1.54, 1.807) is 7.05 Å². The monoisotopic (exact) mass is 167 g/mol. The molecule has 0 saturated heterocycles. The Labute approximate surface area is 65.0 Å². The van der Waals surface area contributed by atoms with Gasteiger partial charge >= 0.3 is 5.69 Å². The van der Waals surface area contributed by atoms with Crippen LogP contribution in [0.3, 0.4) is 0 Å². The highest BCUT2D eigenvalue weighted by Gasteiger charge is 2.05. The Balaban J connectivity index is 3.13. The van der Waals surface area contributed by atoms with Crippen molar-refractivity contribution in [1.29, 1.82) is 0 Å². The summed E-state index contributed by atoms with van der Waals surface area (Å²) in [4.78, 5) is 26.2. The summed E-state index contributed by atoms with van der Waals surface area (Å²) in [5, 5.41) is 7.13. The first-order valence-electron chi connectivity index (χ1n) is 3.20. The van der Waals surface area contributed by atoms with Gasteiger partial charge in [-0.1, -0.05) is 5.21 Å². The Morgan fingerprint density at radius 3 is 2.83 bits per heavy atom. The van der Waals surface area contributed by atoms with E-state index in [1.807, 2.05) is 4.98 Å². The van der Waals surface area contributed by atoms with Crippen LogP contribution in [0.4, 0.5) is 0 Å². The fourth-order valence-electron chi connectivity index (χ4n) is 0.951. The average Bonchev–Trinajstić information content (AvgIpc) is 2.33. The van der Waals surface area contributed by atoms with Gasteiger partial charge in [-0.05, 0) is 0 Å². The number of nitrogens with zero attached hydrogens (tertiary/aromatic N) is 3. The zero-order valence-electron chi connectivity index (χ0n) is 6.16. The number of aromatic nitrogens is 5. The molecule has 0 aliphatic carbocycles. The summed E-state index contributed by atoms with van der Waals surface area (Å²) in [6.07, 6.45) is 0. The van der Waals surface area contributed by atoms with Gasteiger partial charge in [0.05, 0.1) is 0 Å². The summed E-state index contributed by atoms with van der Waals surface area (Å²) in [7, 11) is 1.59. The summed E-state index contributed by atoms with van der Waals surface area (Å²) in [5.74, 6) is 0. The normalized spacial score (nSPS) is 10.8. The minimum atomic E-state index is -0.557. The summed E-state index contributed by atoms with van der Waals surface area (Å²) >= 11 is 0. The molecule has 2 rings (SSSR count). The van der Waals surface area contributed by atoms with Crippen molar-refractivity contribution in [2.24, 2.45) is 7.05 Å². The SMILES string of the molecule is Cn1nnc2c(=O)[nH]c(=O)[nH]c21. The van der Waals surface area contributed by atoms with Gasteiger partial charge in [-0.25, -0.2) is 9.48 Å². The molecule has 7 heteroatoms. The molecule has 7 nitrogen and oxygen atoms in total. The Bertz CT molecular complexity index is 532. The maximum Gasteiger partial charge on any atom is 0.327 e. The number of fused-ring (bicyclic) bond motifs is 1. The molecule has 12 heavy (non-hydrogen) atoms. The highest BCUT2D eigenvalue weighted by atomic mass is 16.2. The van der Waals surface area contributed by atoms with Crippen LogP contribution in [0.25, 0.3) is 11.2 Å². The number of aromatic amines is 2. The molecule has 0 aliphatic rings. The predicted molar refractivity (Wildman–Crippen MR) is 39.8 cm³/mol. The van der Waals surface area contributed by atoms with Gasteiger partial charge in [-0.15, -0.1) is 5.10 Å². The molecule has 2 aromatic rings. The second-order valence-corrected chi connectivity index (χ2v) is 2.32. The summed E-state index contributed by atoms with van der Waals surface area (Å²) in [6, 6.07) is 0. The minimum absolute atomic E-state index is 0.136. The third-order valence-electron chi connectivity index (χ3n) is 1.50. The van der Waals surface area contributed by atoms with Crippen molar-refractivity contribution in [3.63, 3.8) is 0 Å². The van der Waals surface area contributed by atoms with Gasteiger partial charge in [-0.2, -0.15) is 0 Å². The molecule has 0 saturated carbocycles. The van der Waals surface area contributed by atoms with Crippen LogP contribution >= 0.6 is 0 Å². The van der Waals surface area contributed by atoms with Crippen LogP contribution in [0.1, 0.15) is 0 Å². The fourth-order valence-corrected chi connectivity index (χ4v) is 0.951. The third-order valence-corrected chi connectivity index (χ3v) is 1.50. The molecule has 2 N–H and O–H groups in total. The first-order chi connectivity index (χ1) is 5.68. The van der Waals surface area contributed by atoms with Crippen LogP contribution < -0.4 is 11.2 Å². The molecule has 0 spiro atoms. The van der Waals surface area contributed by atoms with E-state index >= 15 is 0 Å². The molecule has 0 aromatic carbocycles. The van der Waals surface area contributed by atoms with E-state index < -0.39 is 11.2 Å². The molecule has 2 heterocycles. The summed E-state index contributed by atoms with van der Waals surface area (Å²) in [6.45, 7) is 0. The highest BCUT2D eigenvalue weighted by molar-refractivity contribution is 5.67. The summed E-state index contributed by atoms with van der Waals surface area (Å²) in [5.41, 5.74) is -0.624. The van der Waals surface area contributed by atoms with Crippen LogP contribution in [0, 0.1) is 0 Å². The van der Waals surface area contributed by atoms with E-state index in [0.717, 1.165) is 0 Å². The van der Waals surface area contributed by atoms with Crippen molar-refractivity contribution in [3.8, 4) is 0 Å². The zero-order valence-corrected chi connectivity index (χ0v) is 6.16. The number of hydrogen-bond acceptors (Lipinski definition) is 4. The van der Waals surface area contributed by atoms with Crippen molar-refractivity contribution < 1.29 is 0 Å². The van der Waals surface area contributed by atoms with Crippen LogP contribution in [0.5, 0.6) is 0 Å². The zero-order chi connectivity index (χ0) is 8.72. The Hall–Kier alpha value is -1.92. The maximum atomic E-state index is 11.0. The van der Waals surface area contributed by atoms with Crippen molar-refractivity contribution in [2.45, 2.75) is 0 Å². The number of nitrogens with one attached hydrogen (secondary N) is 2. The van der Waals surface area contributed by atoms with Gasteiger partial charge in [0, 0.05) is 7.05 Å². The Morgan fingerprint density at radius 2 is 2.08 bits per heavy atom. The molecule has 0 aliphatic heterocycles. The van der Waals surface area contributed by atoms with Crippen molar-refractivity contribution in [2.75, 3.05) is 0 Å². The van der Waals surface area contributed by atoms with E-state index in [0.29, 0.717) is 5.65 Å². The molecule has 0 bridgehead atoms. The molecule has 0 unspecified atom stereocenters. The number of H-pyrrole nitrogens is 2. The Morgan fingerprint density at radius 1 is 1.33 bits per heavy atom. The van der Waals surface area contributed by atoms with E-state index in [4.69, 9.17) is 0 Å². The van der Waals surface area contributed by atoms with Crippen LogP contribution in [-0.4, -0.2) is 25.0 Å². The maximum absolute atomic E-state index is 11.0. The lowest BCUT2D eigenvalue weighted by atomic mass is 10.5. The van der Waals surface area contributed by atoms with Gasteiger partial charge in [0.15, 0.2) is 11.2 Å². The highest BCUT2D eigenvalue weighted by Crippen LogP contribution is 1.94. The second-order valence-electron chi connectivity index (χ2n) is 2.32. The Kier molecular flexibility index (Phi) is 1.15. The molecule has 62 valence electrons. The van der Waals surface area contributed by atoms with Gasteiger partial charge in [-0.3, -0.25) is 14.8 Å². The van der Waals surface area contributed by atoms with Crippen molar-refractivity contribution >= 4 is 11.2 Å². The number of hydrogen-bond donors (Lipinski definition) is 2. The lowest BCUT2D eigenvalue weighted by Crippen LogP contribution is -2.22. The topological polar surface area (TPSA) is 96.4 Å². The standard InChI is InChI=1S/C5H5N5O2/c1-10-3-2(8-9-10)4(11)7-5(12)6-3/h1H3,(H2,6,7,11,12). The van der Waals surface area contributed by atoms with Crippen molar-refractivity contribution in [1.82, 2.24) is 25.0 Å². The third kappa shape index (κ3) is 0.760. The lowest BCUT2D eigenvalue weighted by Gasteiger charge is -1.88. The van der Waals surface area contributed by atoms with E-state index in [1.165, 1.54) is 4.68 Å². The number of rotatable bonds is 0. The average molecular weight is 167 g/mol. The first-order valence-corrected chi connectivity index (χ1v) is 3.20. The molecule has 0 atom stereocenters. The molecule has 0 fully saturated rings. The molecular weight excluding hydrogens is 162 g/mol. The van der Waals surface area contributed by atoms with Gasteiger partial charge < -0.3 is 0 Å². The molecule has 2 aromatic heterocycles. The largest absolute Gasteiger partial charge is 0.327 e. The predicted octanol–water partition coefficient (Wildman–Crippen LogP) is -1.66. The van der Waals surface area contributed by atoms with Crippen molar-refractivity contribution in [3.05, 3.63) is 20.8 Å². The van der Waals surface area contributed by atoms with E-state index in [-0.39, 0.29) is 5.52 Å². The summed E-state index contributed by atoms with van der Waals surface area (Å²) < 4.78 is 1.33. The lowest BCUT2D eigenvalue weighted by molar-refractivity contribution is 0.728. The van der Waals surface area contributed by atoms with Crippen LogP contribution in [-0.2, 0) is 7.05 Å². The first kappa shape index (κ1) is 6.77. The molecule has 0 radical (unpaired) electrons.